The maximum atomic E-state index is 13.6. The number of rotatable bonds is 9. The topological polar surface area (TPSA) is 117 Å². The number of aromatic nitrogens is 1. The fourth-order valence-electron chi connectivity index (χ4n) is 2.94. The highest BCUT2D eigenvalue weighted by atomic mass is 32.1. The number of amides is 2. The zero-order valence-corrected chi connectivity index (χ0v) is 17.7. The van der Waals surface area contributed by atoms with Gasteiger partial charge in [-0.15, -0.1) is 11.3 Å². The summed E-state index contributed by atoms with van der Waals surface area (Å²) in [5, 5.41) is 17.2. The van der Waals surface area contributed by atoms with E-state index in [1.165, 1.54) is 23.6 Å². The summed E-state index contributed by atoms with van der Waals surface area (Å²) >= 11 is 1.39. The molecule has 0 fully saturated rings. The Hall–Kier alpha value is -3.37. The number of halogens is 2. The highest BCUT2D eigenvalue weighted by molar-refractivity contribution is 7.09. The molecule has 0 bridgehead atoms. The predicted octanol–water partition coefficient (Wildman–Crippen LogP) is 1.95. The zero-order valence-electron chi connectivity index (χ0n) is 16.9. The monoisotopic (exact) mass is 460 g/mol. The van der Waals surface area contributed by atoms with Crippen LogP contribution in [0.15, 0.2) is 54.0 Å². The third-order valence-corrected chi connectivity index (χ3v) is 5.55. The highest BCUT2D eigenvalue weighted by Gasteiger charge is 2.25. The summed E-state index contributed by atoms with van der Waals surface area (Å²) in [5.41, 5.74) is 6.54. The standard InChI is InChI=1S/C22H22F2N4O3S/c23-16-5-3-13(8-17(16)24)9-18(21(30)27-12-14-4-6-20(25)26-11-14)28-22(31)19(29)10-15-2-1-7-32-15/h1-8,11,18-19,29H,9-10,12H2,(H2,25,26)(H,27,30)(H,28,31)/t18-,19?/m0/s1. The number of nitrogens with two attached hydrogens (primary N) is 1. The Balaban J connectivity index is 1.69. The molecule has 3 rings (SSSR count). The third-order valence-electron chi connectivity index (χ3n) is 4.65. The van der Waals surface area contributed by atoms with Gasteiger partial charge >= 0.3 is 0 Å². The Kier molecular flexibility index (Phi) is 7.85. The number of carbonyl (C=O) groups excluding carboxylic acids is 2. The first kappa shape index (κ1) is 23.3. The quantitative estimate of drug-likeness (QED) is 0.389. The van der Waals surface area contributed by atoms with Gasteiger partial charge in [0.2, 0.25) is 11.8 Å². The van der Waals surface area contributed by atoms with Crippen LogP contribution in [0.4, 0.5) is 14.6 Å². The third kappa shape index (κ3) is 6.56. The van der Waals surface area contributed by atoms with E-state index >= 15 is 0 Å². The van der Waals surface area contributed by atoms with Crippen molar-refractivity contribution in [1.82, 2.24) is 15.6 Å². The minimum atomic E-state index is -1.37. The van der Waals surface area contributed by atoms with Crippen LogP contribution in [0.25, 0.3) is 0 Å². The van der Waals surface area contributed by atoms with Gasteiger partial charge in [-0.05, 0) is 40.8 Å². The lowest BCUT2D eigenvalue weighted by atomic mass is 10.0. The van der Waals surface area contributed by atoms with E-state index in [4.69, 9.17) is 5.73 Å². The average Bonchev–Trinajstić information content (AvgIpc) is 3.28. The number of hydrogen-bond donors (Lipinski definition) is 4. The summed E-state index contributed by atoms with van der Waals surface area (Å²) in [6.45, 7) is 0.119. The summed E-state index contributed by atoms with van der Waals surface area (Å²) in [4.78, 5) is 30.1. The van der Waals surface area contributed by atoms with Crippen molar-refractivity contribution in [3.63, 3.8) is 0 Å². The van der Waals surface area contributed by atoms with Crippen LogP contribution >= 0.6 is 11.3 Å². The first-order chi connectivity index (χ1) is 15.3. The number of aliphatic hydroxyl groups excluding tert-OH is 1. The van der Waals surface area contributed by atoms with Gasteiger partial charge < -0.3 is 21.5 Å². The lowest BCUT2D eigenvalue weighted by molar-refractivity contribution is -0.134. The second kappa shape index (κ2) is 10.8. The van der Waals surface area contributed by atoms with E-state index in [1.807, 2.05) is 5.38 Å². The summed E-state index contributed by atoms with van der Waals surface area (Å²) in [7, 11) is 0. The minimum Gasteiger partial charge on any atom is -0.384 e. The minimum absolute atomic E-state index is 0.0967. The molecular weight excluding hydrogens is 438 g/mol. The molecular formula is C22H22F2N4O3S. The summed E-state index contributed by atoms with van der Waals surface area (Å²) in [6.07, 6.45) is 0.138. The molecule has 2 atom stereocenters. The van der Waals surface area contributed by atoms with Crippen molar-refractivity contribution < 1.29 is 23.5 Å². The molecule has 3 aromatic rings. The van der Waals surface area contributed by atoms with Gasteiger partial charge in [-0.3, -0.25) is 9.59 Å². The normalized spacial score (nSPS) is 12.7. The Morgan fingerprint density at radius 1 is 1.06 bits per heavy atom. The number of hydrogen-bond acceptors (Lipinski definition) is 6. The molecule has 0 saturated heterocycles. The molecule has 10 heteroatoms. The molecule has 7 nitrogen and oxygen atoms in total. The van der Waals surface area contributed by atoms with Crippen molar-refractivity contribution in [3.8, 4) is 0 Å². The maximum absolute atomic E-state index is 13.6. The maximum Gasteiger partial charge on any atom is 0.249 e. The number of nitrogens with one attached hydrogen (secondary N) is 2. The van der Waals surface area contributed by atoms with Crippen molar-refractivity contribution in [2.24, 2.45) is 0 Å². The number of aliphatic hydroxyl groups is 1. The van der Waals surface area contributed by atoms with Gasteiger partial charge in [0.05, 0.1) is 0 Å². The van der Waals surface area contributed by atoms with Crippen molar-refractivity contribution in [3.05, 3.63) is 81.7 Å². The number of carbonyl (C=O) groups is 2. The van der Waals surface area contributed by atoms with Crippen LogP contribution in [0.1, 0.15) is 16.0 Å². The van der Waals surface area contributed by atoms with Crippen LogP contribution in [-0.4, -0.2) is 34.1 Å². The van der Waals surface area contributed by atoms with E-state index in [-0.39, 0.29) is 19.4 Å². The van der Waals surface area contributed by atoms with Crippen LogP contribution in [0.5, 0.6) is 0 Å². The molecule has 5 N–H and O–H groups in total. The molecule has 168 valence electrons. The number of nitrogens with zero attached hydrogens (tertiary/aromatic N) is 1. The van der Waals surface area contributed by atoms with Crippen LogP contribution in [0, 0.1) is 11.6 Å². The molecule has 0 radical (unpaired) electrons. The van der Waals surface area contributed by atoms with Gasteiger partial charge in [0.15, 0.2) is 11.6 Å². The van der Waals surface area contributed by atoms with E-state index < -0.39 is 35.6 Å². The van der Waals surface area contributed by atoms with Crippen molar-refractivity contribution in [2.75, 3.05) is 5.73 Å². The molecule has 1 unspecified atom stereocenters. The van der Waals surface area contributed by atoms with E-state index in [2.05, 4.69) is 15.6 Å². The smallest absolute Gasteiger partial charge is 0.249 e. The summed E-state index contributed by atoms with van der Waals surface area (Å²) in [6, 6.07) is 8.99. The summed E-state index contributed by atoms with van der Waals surface area (Å²) < 4.78 is 26.9. The van der Waals surface area contributed by atoms with Crippen LogP contribution in [-0.2, 0) is 29.0 Å². The van der Waals surface area contributed by atoms with Gasteiger partial charge in [0, 0.05) is 30.5 Å². The van der Waals surface area contributed by atoms with E-state index in [1.54, 1.807) is 24.3 Å². The van der Waals surface area contributed by atoms with Crippen LogP contribution < -0.4 is 16.4 Å². The molecule has 2 amide bonds. The molecule has 0 spiro atoms. The lowest BCUT2D eigenvalue weighted by Gasteiger charge is -2.20. The molecule has 2 heterocycles. The molecule has 1 aromatic carbocycles. The molecule has 0 aliphatic heterocycles. The largest absolute Gasteiger partial charge is 0.384 e. The highest BCUT2D eigenvalue weighted by Crippen LogP contribution is 2.13. The number of nitrogen functional groups attached to an aromatic ring is 1. The van der Waals surface area contributed by atoms with Gasteiger partial charge in [0.1, 0.15) is 18.0 Å². The Morgan fingerprint density at radius 3 is 2.50 bits per heavy atom. The van der Waals surface area contributed by atoms with Crippen LogP contribution in [0.3, 0.4) is 0 Å². The average molecular weight is 461 g/mol. The first-order valence-corrected chi connectivity index (χ1v) is 10.6. The van der Waals surface area contributed by atoms with Gasteiger partial charge in [-0.1, -0.05) is 18.2 Å². The van der Waals surface area contributed by atoms with Gasteiger partial charge in [-0.25, -0.2) is 13.8 Å². The lowest BCUT2D eigenvalue weighted by Crippen LogP contribution is -2.51. The predicted molar refractivity (Wildman–Crippen MR) is 117 cm³/mol. The summed E-state index contributed by atoms with van der Waals surface area (Å²) in [5.74, 6) is -3.03. The SMILES string of the molecule is Nc1ccc(CNC(=O)[C@H](Cc2ccc(F)c(F)c2)NC(=O)C(O)Cc2cccs2)cn1. The van der Waals surface area contributed by atoms with Crippen molar-refractivity contribution in [2.45, 2.75) is 31.5 Å². The first-order valence-electron chi connectivity index (χ1n) is 9.74. The number of benzene rings is 1. The number of pyridine rings is 1. The Bertz CT molecular complexity index is 1060. The number of thiophene rings is 1. The van der Waals surface area contributed by atoms with Gasteiger partial charge in [0.25, 0.3) is 0 Å². The van der Waals surface area contributed by atoms with E-state index in [9.17, 15) is 23.5 Å². The van der Waals surface area contributed by atoms with Crippen molar-refractivity contribution >= 4 is 29.0 Å². The Morgan fingerprint density at radius 2 is 1.84 bits per heavy atom. The molecule has 0 aliphatic carbocycles. The van der Waals surface area contributed by atoms with Crippen molar-refractivity contribution in [1.29, 1.82) is 0 Å². The zero-order chi connectivity index (χ0) is 23.1. The molecule has 0 saturated carbocycles. The Labute approximate surface area is 187 Å². The fraction of sp³-hybridized carbons (Fsp3) is 0.227. The molecule has 2 aromatic heterocycles. The second-order valence-electron chi connectivity index (χ2n) is 7.12. The molecule has 0 aliphatic rings. The number of anilines is 1. The fourth-order valence-corrected chi connectivity index (χ4v) is 3.69. The second-order valence-corrected chi connectivity index (χ2v) is 8.15. The van der Waals surface area contributed by atoms with Crippen LogP contribution in [0.2, 0.25) is 0 Å². The van der Waals surface area contributed by atoms with E-state index in [0.717, 1.165) is 17.0 Å². The van der Waals surface area contributed by atoms with E-state index in [0.29, 0.717) is 16.9 Å². The van der Waals surface area contributed by atoms with Gasteiger partial charge in [-0.2, -0.15) is 0 Å². The molecule has 32 heavy (non-hydrogen) atoms.